The van der Waals surface area contributed by atoms with E-state index in [4.69, 9.17) is 21.1 Å². The van der Waals surface area contributed by atoms with E-state index in [1.54, 1.807) is 19.1 Å². The Bertz CT molecular complexity index is 1190. The normalized spacial score (nSPS) is 23.8. The third kappa shape index (κ3) is 5.87. The molecule has 4 unspecified atom stereocenters. The van der Waals surface area contributed by atoms with E-state index in [2.05, 4.69) is 15.0 Å². The van der Waals surface area contributed by atoms with Crippen LogP contribution in [0.4, 0.5) is 13.2 Å². The monoisotopic (exact) mass is 522 g/mol. The van der Waals surface area contributed by atoms with Crippen molar-refractivity contribution in [3.8, 4) is 11.8 Å². The molecule has 37 heavy (non-hydrogen) atoms. The molecule has 2 aliphatic carbocycles. The van der Waals surface area contributed by atoms with E-state index in [1.807, 2.05) is 0 Å². The van der Waals surface area contributed by atoms with Crippen LogP contribution in [0.1, 0.15) is 42.8 Å². The standard InChI is InChI=1S/C24H29F3N6O4/c1-12-19(37-14-9-13-3-4-15(22(34)35)16(13)10-14)6-5-17(31-12)21(28)18(33(2)29)11-36-23-30-8-7-20(32-23)24(25,26)27/h5-8,13-16H,3-4,9-11,28-29H2,1-2H3,(H,34,35)/b21-18-. The summed E-state index contributed by atoms with van der Waals surface area (Å²) in [5.74, 6) is 5.92. The minimum absolute atomic E-state index is 0.0806. The first-order chi connectivity index (χ1) is 17.4. The molecule has 0 amide bonds. The van der Waals surface area contributed by atoms with Gasteiger partial charge in [-0.25, -0.2) is 15.8 Å². The first-order valence-corrected chi connectivity index (χ1v) is 11.8. The molecule has 200 valence electrons. The van der Waals surface area contributed by atoms with Gasteiger partial charge in [-0.05, 0) is 62.6 Å². The van der Waals surface area contributed by atoms with Gasteiger partial charge in [-0.1, -0.05) is 0 Å². The molecule has 2 fully saturated rings. The lowest BCUT2D eigenvalue weighted by molar-refractivity contribution is -0.143. The van der Waals surface area contributed by atoms with Crippen LogP contribution in [0.2, 0.25) is 0 Å². The van der Waals surface area contributed by atoms with Crippen molar-refractivity contribution in [2.45, 2.75) is 44.9 Å². The number of carbonyl (C=O) groups is 1. The molecule has 0 saturated heterocycles. The molecule has 13 heteroatoms. The number of hydrogen-bond donors (Lipinski definition) is 3. The highest BCUT2D eigenvalue weighted by Gasteiger charge is 2.47. The van der Waals surface area contributed by atoms with E-state index in [0.29, 0.717) is 29.5 Å². The van der Waals surface area contributed by atoms with E-state index in [9.17, 15) is 23.1 Å². The van der Waals surface area contributed by atoms with Crippen molar-refractivity contribution >= 4 is 11.7 Å². The molecule has 0 radical (unpaired) electrons. The van der Waals surface area contributed by atoms with Crippen molar-refractivity contribution in [3.05, 3.63) is 47.2 Å². The molecule has 2 aliphatic rings. The van der Waals surface area contributed by atoms with Gasteiger partial charge in [0, 0.05) is 13.2 Å². The third-order valence-corrected chi connectivity index (χ3v) is 6.99. The van der Waals surface area contributed by atoms with E-state index >= 15 is 0 Å². The van der Waals surface area contributed by atoms with Gasteiger partial charge in [0.25, 0.3) is 0 Å². The van der Waals surface area contributed by atoms with Gasteiger partial charge in [-0.3, -0.25) is 4.79 Å². The van der Waals surface area contributed by atoms with Crippen LogP contribution in [0.15, 0.2) is 30.1 Å². The Balaban J connectivity index is 1.46. The van der Waals surface area contributed by atoms with Crippen molar-refractivity contribution in [1.82, 2.24) is 20.0 Å². The summed E-state index contributed by atoms with van der Waals surface area (Å²) in [6.45, 7) is 1.47. The van der Waals surface area contributed by atoms with Gasteiger partial charge in [0.2, 0.25) is 0 Å². The number of nitrogens with two attached hydrogens (primary N) is 2. The fourth-order valence-corrected chi connectivity index (χ4v) is 5.16. The van der Waals surface area contributed by atoms with Crippen LogP contribution in [-0.2, 0) is 11.0 Å². The fraction of sp³-hybridized carbons (Fsp3) is 0.500. The van der Waals surface area contributed by atoms with Crippen LogP contribution in [-0.4, -0.2) is 50.8 Å². The number of halogens is 3. The molecule has 4 rings (SSSR count). The minimum Gasteiger partial charge on any atom is -0.489 e. The Labute approximate surface area is 211 Å². The Hall–Kier alpha value is -3.61. The number of aryl methyl sites for hydroxylation is 1. The summed E-state index contributed by atoms with van der Waals surface area (Å²) in [7, 11) is 1.50. The zero-order chi connectivity index (χ0) is 26.9. The number of hydrazine groups is 1. The third-order valence-electron chi connectivity index (χ3n) is 6.99. The molecule has 4 atom stereocenters. The quantitative estimate of drug-likeness (QED) is 0.349. The molecular formula is C24H29F3N6O4. The molecule has 0 aromatic carbocycles. The van der Waals surface area contributed by atoms with Crippen LogP contribution < -0.4 is 21.1 Å². The van der Waals surface area contributed by atoms with Gasteiger partial charge in [-0.15, -0.1) is 0 Å². The zero-order valence-corrected chi connectivity index (χ0v) is 20.4. The summed E-state index contributed by atoms with van der Waals surface area (Å²) in [5, 5.41) is 10.6. The number of aliphatic carboxylic acids is 1. The summed E-state index contributed by atoms with van der Waals surface area (Å²) < 4.78 is 50.2. The molecular weight excluding hydrogens is 493 g/mol. The van der Waals surface area contributed by atoms with Gasteiger partial charge in [0.05, 0.1) is 34.8 Å². The number of ether oxygens (including phenoxy) is 2. The van der Waals surface area contributed by atoms with Crippen LogP contribution >= 0.6 is 0 Å². The van der Waals surface area contributed by atoms with Crippen LogP contribution in [0.5, 0.6) is 11.8 Å². The van der Waals surface area contributed by atoms with E-state index < -0.39 is 23.8 Å². The largest absolute Gasteiger partial charge is 0.489 e. The average Bonchev–Trinajstić information content (AvgIpc) is 3.40. The van der Waals surface area contributed by atoms with E-state index in [0.717, 1.165) is 31.5 Å². The second kappa shape index (κ2) is 10.4. The molecule has 0 bridgehead atoms. The number of hydrogen-bond acceptors (Lipinski definition) is 9. The zero-order valence-electron chi connectivity index (χ0n) is 20.4. The van der Waals surface area contributed by atoms with Gasteiger partial charge < -0.3 is 25.3 Å². The maximum atomic E-state index is 12.9. The molecule has 10 nitrogen and oxygen atoms in total. The predicted molar refractivity (Wildman–Crippen MR) is 126 cm³/mol. The van der Waals surface area contributed by atoms with Crippen molar-refractivity contribution in [3.63, 3.8) is 0 Å². The molecule has 2 aromatic heterocycles. The fourth-order valence-electron chi connectivity index (χ4n) is 5.16. The van der Waals surface area contributed by atoms with Crippen molar-refractivity contribution in [2.75, 3.05) is 13.7 Å². The topological polar surface area (TPSA) is 150 Å². The number of likely N-dealkylation sites (N-methyl/N-ethyl adjacent to an activating group) is 1. The lowest BCUT2D eigenvalue weighted by Crippen LogP contribution is -2.31. The smallest absolute Gasteiger partial charge is 0.433 e. The van der Waals surface area contributed by atoms with Gasteiger partial charge in [0.15, 0.2) is 5.69 Å². The number of fused-ring (bicyclic) bond motifs is 1. The lowest BCUT2D eigenvalue weighted by atomic mass is 9.92. The van der Waals surface area contributed by atoms with E-state index in [1.165, 1.54) is 12.1 Å². The molecule has 2 heterocycles. The summed E-state index contributed by atoms with van der Waals surface area (Å²) in [6, 6.07) is 3.66. The highest BCUT2D eigenvalue weighted by Crippen LogP contribution is 2.48. The second-order valence-electron chi connectivity index (χ2n) is 9.42. The van der Waals surface area contributed by atoms with Gasteiger partial charge >= 0.3 is 18.2 Å². The Morgan fingerprint density at radius 2 is 1.97 bits per heavy atom. The second-order valence-corrected chi connectivity index (χ2v) is 9.42. The highest BCUT2D eigenvalue weighted by atomic mass is 19.4. The first kappa shape index (κ1) is 26.5. The summed E-state index contributed by atoms with van der Waals surface area (Å²) in [6.07, 6.45) is -0.627. The van der Waals surface area contributed by atoms with Crippen molar-refractivity contribution in [2.24, 2.45) is 29.3 Å². The van der Waals surface area contributed by atoms with Crippen LogP contribution in [0, 0.1) is 24.7 Å². The Kier molecular flexibility index (Phi) is 7.44. The van der Waals surface area contributed by atoms with Gasteiger partial charge in [-0.2, -0.15) is 18.2 Å². The summed E-state index contributed by atoms with van der Waals surface area (Å²) >= 11 is 0. The Morgan fingerprint density at radius 1 is 1.22 bits per heavy atom. The number of alkyl halides is 3. The average molecular weight is 523 g/mol. The van der Waals surface area contributed by atoms with Crippen molar-refractivity contribution < 1.29 is 32.5 Å². The number of pyridine rings is 1. The summed E-state index contributed by atoms with van der Waals surface area (Å²) in [4.78, 5) is 23.1. The number of rotatable bonds is 8. The van der Waals surface area contributed by atoms with Crippen LogP contribution in [0.3, 0.4) is 0 Å². The molecule has 0 spiro atoms. The number of nitrogens with zero attached hydrogens (tertiary/aromatic N) is 4. The number of carboxylic acids is 1. The molecule has 5 N–H and O–H groups in total. The lowest BCUT2D eigenvalue weighted by Gasteiger charge is -2.21. The SMILES string of the molecule is Cc1nc(/C(N)=C(\COc2nccc(C(F)(F)F)n2)N(C)N)ccc1OC1CC2CCC(C(=O)O)C2C1. The Morgan fingerprint density at radius 3 is 2.62 bits per heavy atom. The molecule has 2 saturated carbocycles. The molecule has 2 aromatic rings. The maximum Gasteiger partial charge on any atom is 0.433 e. The minimum atomic E-state index is -4.63. The summed E-state index contributed by atoms with van der Waals surface area (Å²) in [5.41, 5.74) is 6.53. The maximum absolute atomic E-state index is 12.9. The number of aromatic nitrogens is 3. The van der Waals surface area contributed by atoms with Gasteiger partial charge in [0.1, 0.15) is 12.4 Å². The van der Waals surface area contributed by atoms with Crippen molar-refractivity contribution in [1.29, 1.82) is 0 Å². The van der Waals surface area contributed by atoms with Crippen LogP contribution in [0.25, 0.3) is 5.70 Å². The number of carboxylic acid groups (broad SMARTS) is 1. The molecule has 0 aliphatic heterocycles. The highest BCUT2D eigenvalue weighted by molar-refractivity contribution is 5.71. The van der Waals surface area contributed by atoms with E-state index in [-0.39, 0.29) is 35.9 Å². The predicted octanol–water partition coefficient (Wildman–Crippen LogP) is 2.98. The first-order valence-electron chi connectivity index (χ1n) is 11.8.